The molecule has 0 bridgehead atoms. The molecule has 0 aromatic heterocycles. The van der Waals surface area contributed by atoms with Gasteiger partial charge in [0.1, 0.15) is 0 Å². The van der Waals surface area contributed by atoms with Gasteiger partial charge >= 0.3 is 11.9 Å². The van der Waals surface area contributed by atoms with E-state index in [4.69, 9.17) is 9.47 Å². The highest BCUT2D eigenvalue weighted by molar-refractivity contribution is 5.91. The van der Waals surface area contributed by atoms with Gasteiger partial charge in [0.2, 0.25) is 0 Å². The van der Waals surface area contributed by atoms with Crippen LogP contribution in [0.25, 0.3) is 0 Å². The number of esters is 2. The molecular weight excluding hydrogens is 404 g/mol. The van der Waals surface area contributed by atoms with E-state index in [1.165, 1.54) is 14.2 Å². The zero-order chi connectivity index (χ0) is 22.8. The third-order valence-corrected chi connectivity index (χ3v) is 4.71. The Morgan fingerprint density at radius 2 is 0.969 bits per heavy atom. The van der Waals surface area contributed by atoms with Crippen molar-refractivity contribution in [3.63, 3.8) is 0 Å². The van der Waals surface area contributed by atoms with Gasteiger partial charge in [0, 0.05) is 12.4 Å². The molecule has 0 saturated heterocycles. The maximum absolute atomic E-state index is 11.5. The van der Waals surface area contributed by atoms with Crippen LogP contribution in [0.15, 0.2) is 82.8 Å². The second-order valence-electron chi connectivity index (χ2n) is 6.98. The first-order valence-electron chi connectivity index (χ1n) is 10.0. The molecule has 0 atom stereocenters. The number of methoxy groups -OCH3 is 2. The quantitative estimate of drug-likeness (QED) is 0.391. The minimum absolute atomic E-state index is 0.352. The highest BCUT2D eigenvalue weighted by atomic mass is 16.5. The van der Waals surface area contributed by atoms with Crippen LogP contribution in [0, 0.1) is 0 Å². The van der Waals surface area contributed by atoms with E-state index in [0.29, 0.717) is 24.2 Å². The second kappa shape index (κ2) is 11.4. The number of ether oxygens (including phenoxy) is 2. The molecule has 0 spiro atoms. The normalized spacial score (nSPS) is 11.1. The minimum Gasteiger partial charge on any atom is -0.465 e. The first-order valence-corrected chi connectivity index (χ1v) is 10.0. The lowest BCUT2D eigenvalue weighted by Gasteiger charge is -2.01. The number of rotatable bonds is 8. The molecule has 0 radical (unpaired) electrons. The average molecular weight is 428 g/mol. The van der Waals surface area contributed by atoms with Crippen molar-refractivity contribution in [1.29, 1.82) is 0 Å². The zero-order valence-corrected chi connectivity index (χ0v) is 18.0. The Balaban J connectivity index is 1.49. The predicted molar refractivity (Wildman–Crippen MR) is 125 cm³/mol. The average Bonchev–Trinajstić information content (AvgIpc) is 2.85. The molecule has 3 rings (SSSR count). The second-order valence-corrected chi connectivity index (χ2v) is 6.98. The topological polar surface area (TPSA) is 77.3 Å². The van der Waals surface area contributed by atoms with E-state index in [9.17, 15) is 9.59 Å². The van der Waals surface area contributed by atoms with Gasteiger partial charge in [0.25, 0.3) is 0 Å². The summed E-state index contributed by atoms with van der Waals surface area (Å²) in [7, 11) is 2.73. The molecule has 3 aromatic carbocycles. The maximum atomic E-state index is 11.5. The molecule has 6 nitrogen and oxygen atoms in total. The van der Waals surface area contributed by atoms with Crippen molar-refractivity contribution in [2.45, 2.75) is 13.1 Å². The third-order valence-electron chi connectivity index (χ3n) is 4.71. The monoisotopic (exact) mass is 428 g/mol. The molecule has 0 aliphatic rings. The molecule has 0 aliphatic carbocycles. The van der Waals surface area contributed by atoms with Crippen LogP contribution in [0.5, 0.6) is 0 Å². The van der Waals surface area contributed by atoms with Gasteiger partial charge in [-0.2, -0.15) is 0 Å². The summed E-state index contributed by atoms with van der Waals surface area (Å²) in [5.74, 6) is -0.705. The molecule has 0 unspecified atom stereocenters. The van der Waals surface area contributed by atoms with E-state index in [0.717, 1.165) is 22.3 Å². The highest BCUT2D eigenvalue weighted by Gasteiger charge is 2.04. The van der Waals surface area contributed by atoms with Gasteiger partial charge in [0.15, 0.2) is 0 Å². The van der Waals surface area contributed by atoms with Crippen LogP contribution in [0.3, 0.4) is 0 Å². The van der Waals surface area contributed by atoms with Gasteiger partial charge < -0.3 is 9.47 Å². The largest absolute Gasteiger partial charge is 0.465 e. The van der Waals surface area contributed by atoms with Gasteiger partial charge in [-0.05, 0) is 46.5 Å². The number of benzene rings is 3. The van der Waals surface area contributed by atoms with Crippen molar-refractivity contribution in [3.8, 4) is 0 Å². The van der Waals surface area contributed by atoms with Crippen LogP contribution in [0.2, 0.25) is 0 Å². The summed E-state index contributed by atoms with van der Waals surface area (Å²) in [6.45, 7) is 1.13. The van der Waals surface area contributed by atoms with Crippen LogP contribution in [0.4, 0.5) is 0 Å². The van der Waals surface area contributed by atoms with Crippen LogP contribution in [-0.2, 0) is 22.6 Å². The molecule has 6 heteroatoms. The first-order chi connectivity index (χ1) is 15.6. The van der Waals surface area contributed by atoms with E-state index < -0.39 is 0 Å². The number of hydrogen-bond acceptors (Lipinski definition) is 6. The smallest absolute Gasteiger partial charge is 0.337 e. The maximum Gasteiger partial charge on any atom is 0.337 e. The number of hydrogen-bond donors (Lipinski definition) is 0. The summed E-state index contributed by atoms with van der Waals surface area (Å²) in [5.41, 5.74) is 5.06. The van der Waals surface area contributed by atoms with Crippen LogP contribution in [0.1, 0.15) is 43.0 Å². The molecule has 0 N–H and O–H groups in total. The van der Waals surface area contributed by atoms with Crippen LogP contribution < -0.4 is 0 Å². The SMILES string of the molecule is COC(=O)c1ccc(C=NCc2ccc(CN=Cc3ccc(C(=O)OC)cc3)cc2)cc1. The fourth-order valence-electron chi connectivity index (χ4n) is 2.91. The van der Waals surface area contributed by atoms with Crippen molar-refractivity contribution in [2.24, 2.45) is 9.98 Å². The van der Waals surface area contributed by atoms with Gasteiger partial charge in [0.05, 0.1) is 38.4 Å². The minimum atomic E-state index is -0.352. The molecule has 162 valence electrons. The fourth-order valence-corrected chi connectivity index (χ4v) is 2.91. The molecule has 0 fully saturated rings. The Labute approximate surface area is 187 Å². The lowest BCUT2D eigenvalue weighted by molar-refractivity contribution is 0.0592. The van der Waals surface area contributed by atoms with Crippen molar-refractivity contribution < 1.29 is 19.1 Å². The molecular formula is C26H24N2O4. The van der Waals surface area contributed by atoms with Gasteiger partial charge in [-0.3, -0.25) is 9.98 Å². The summed E-state index contributed by atoms with van der Waals surface area (Å²) in [6.07, 6.45) is 3.56. The first kappa shape index (κ1) is 22.6. The number of carbonyl (C=O) groups excluding carboxylic acids is 2. The summed E-state index contributed by atoms with van der Waals surface area (Å²) in [5, 5.41) is 0. The summed E-state index contributed by atoms with van der Waals surface area (Å²) in [6, 6.07) is 22.3. The van der Waals surface area contributed by atoms with E-state index in [1.807, 2.05) is 48.5 Å². The molecule has 0 heterocycles. The molecule has 3 aromatic rings. The van der Waals surface area contributed by atoms with Crippen molar-refractivity contribution in [1.82, 2.24) is 0 Å². The van der Waals surface area contributed by atoms with Crippen molar-refractivity contribution in [2.75, 3.05) is 14.2 Å². The summed E-state index contributed by atoms with van der Waals surface area (Å²) >= 11 is 0. The highest BCUT2D eigenvalue weighted by Crippen LogP contribution is 2.09. The Kier molecular flexibility index (Phi) is 8.03. The van der Waals surface area contributed by atoms with Gasteiger partial charge in [-0.25, -0.2) is 9.59 Å². The van der Waals surface area contributed by atoms with E-state index in [2.05, 4.69) is 9.98 Å². The Bertz CT molecular complexity index is 1010. The zero-order valence-electron chi connectivity index (χ0n) is 18.0. The molecule has 0 amide bonds. The Morgan fingerprint density at radius 3 is 1.28 bits per heavy atom. The summed E-state index contributed by atoms with van der Waals surface area (Å²) < 4.78 is 9.38. The van der Waals surface area contributed by atoms with Crippen molar-refractivity contribution >= 4 is 24.4 Å². The number of nitrogens with zero attached hydrogens (tertiary/aromatic N) is 2. The molecule has 0 saturated carbocycles. The predicted octanol–water partition coefficient (Wildman–Crippen LogP) is 4.50. The third kappa shape index (κ3) is 6.47. The summed E-state index contributed by atoms with van der Waals surface area (Å²) in [4.78, 5) is 31.8. The van der Waals surface area contributed by atoms with Crippen LogP contribution >= 0.6 is 0 Å². The van der Waals surface area contributed by atoms with Gasteiger partial charge in [-0.1, -0.05) is 48.5 Å². The Hall–Kier alpha value is -4.06. The van der Waals surface area contributed by atoms with Crippen LogP contribution in [-0.4, -0.2) is 38.6 Å². The van der Waals surface area contributed by atoms with Gasteiger partial charge in [-0.15, -0.1) is 0 Å². The molecule has 32 heavy (non-hydrogen) atoms. The number of carbonyl (C=O) groups is 2. The van der Waals surface area contributed by atoms with E-state index >= 15 is 0 Å². The Morgan fingerprint density at radius 1 is 0.625 bits per heavy atom. The van der Waals surface area contributed by atoms with E-state index in [1.54, 1.807) is 36.7 Å². The molecule has 0 aliphatic heterocycles. The van der Waals surface area contributed by atoms with Crippen molar-refractivity contribution in [3.05, 3.63) is 106 Å². The van der Waals surface area contributed by atoms with E-state index in [-0.39, 0.29) is 11.9 Å². The fraction of sp³-hybridized carbons (Fsp3) is 0.154. The lowest BCUT2D eigenvalue weighted by Crippen LogP contribution is -2.00. The number of aliphatic imine (C=N–C) groups is 2. The lowest BCUT2D eigenvalue weighted by atomic mass is 10.1. The standard InChI is InChI=1S/C26H24N2O4/c1-31-25(29)23-11-7-21(8-12-23)17-27-15-19-3-5-20(6-4-19)16-28-18-22-9-13-24(14-10-22)26(30)32-2/h3-14,17-18H,15-16H2,1-2H3.